The van der Waals surface area contributed by atoms with Gasteiger partial charge in [-0.3, -0.25) is 14.8 Å². The van der Waals surface area contributed by atoms with Crippen LogP contribution in [-0.4, -0.2) is 26.0 Å². The molecule has 0 saturated carbocycles. The van der Waals surface area contributed by atoms with Crippen molar-refractivity contribution in [2.75, 3.05) is 16.6 Å². The van der Waals surface area contributed by atoms with Crippen molar-refractivity contribution in [2.24, 2.45) is 0 Å². The highest BCUT2D eigenvalue weighted by molar-refractivity contribution is 7.92. The molecule has 3 aromatic carbocycles. The summed E-state index contributed by atoms with van der Waals surface area (Å²) in [7, 11) is -3.76. The largest absolute Gasteiger partial charge is 0.493 e. The van der Waals surface area contributed by atoms with Gasteiger partial charge < -0.3 is 10.1 Å². The van der Waals surface area contributed by atoms with Gasteiger partial charge in [-0.25, -0.2) is 8.42 Å². The molecule has 3 N–H and O–H groups in total. The number of amides is 1. The Labute approximate surface area is 218 Å². The van der Waals surface area contributed by atoms with E-state index in [1.54, 1.807) is 42.5 Å². The van der Waals surface area contributed by atoms with Gasteiger partial charge in [0.15, 0.2) is 5.11 Å². The molecule has 0 atom stereocenters. The summed E-state index contributed by atoms with van der Waals surface area (Å²) in [6.07, 6.45) is 3.06. The predicted molar refractivity (Wildman–Crippen MR) is 148 cm³/mol. The molecule has 0 aliphatic rings. The van der Waals surface area contributed by atoms with E-state index in [1.807, 2.05) is 26.0 Å². The number of unbranched alkanes of at least 4 members (excludes halogenated alkanes) is 2. The quantitative estimate of drug-likeness (QED) is 0.229. The van der Waals surface area contributed by atoms with Gasteiger partial charge in [-0.2, -0.15) is 0 Å². The van der Waals surface area contributed by atoms with Crippen LogP contribution in [0.1, 0.15) is 47.7 Å². The van der Waals surface area contributed by atoms with Gasteiger partial charge in [0, 0.05) is 11.4 Å². The van der Waals surface area contributed by atoms with Gasteiger partial charge in [-0.15, -0.1) is 0 Å². The zero-order valence-corrected chi connectivity index (χ0v) is 22.3. The van der Waals surface area contributed by atoms with Gasteiger partial charge in [0.2, 0.25) is 0 Å². The van der Waals surface area contributed by atoms with Gasteiger partial charge in [-0.05, 0) is 92.1 Å². The average Bonchev–Trinajstić information content (AvgIpc) is 2.81. The second kappa shape index (κ2) is 12.5. The van der Waals surface area contributed by atoms with Crippen LogP contribution in [0.5, 0.6) is 5.75 Å². The van der Waals surface area contributed by atoms with Crippen LogP contribution in [0.25, 0.3) is 0 Å². The van der Waals surface area contributed by atoms with E-state index in [-0.39, 0.29) is 10.0 Å². The third-order valence-electron chi connectivity index (χ3n) is 5.26. The summed E-state index contributed by atoms with van der Waals surface area (Å²) < 4.78 is 33.9. The van der Waals surface area contributed by atoms with Gasteiger partial charge in [0.05, 0.1) is 17.1 Å². The number of aryl methyl sites for hydroxylation is 2. The predicted octanol–water partition coefficient (Wildman–Crippen LogP) is 5.80. The van der Waals surface area contributed by atoms with Crippen molar-refractivity contribution in [3.8, 4) is 5.75 Å². The topological polar surface area (TPSA) is 96.5 Å². The molecule has 3 rings (SSSR count). The number of para-hydroxylation sites is 1. The van der Waals surface area contributed by atoms with Crippen LogP contribution in [-0.2, 0) is 10.0 Å². The maximum absolute atomic E-state index is 12.8. The molecule has 1 amide bonds. The minimum absolute atomic E-state index is 0.0877. The van der Waals surface area contributed by atoms with Gasteiger partial charge >= 0.3 is 0 Å². The lowest BCUT2D eigenvalue weighted by Crippen LogP contribution is -2.34. The second-order valence-electron chi connectivity index (χ2n) is 8.47. The highest BCUT2D eigenvalue weighted by Crippen LogP contribution is 2.21. The average molecular weight is 526 g/mol. The Kier molecular flexibility index (Phi) is 9.44. The Morgan fingerprint density at radius 2 is 1.58 bits per heavy atom. The SMILES string of the molecule is CCCCCOc1ccccc1C(=O)NC(=S)Nc1ccc(S(=O)(=O)Nc2cc(C)cc(C)c2)cc1. The number of carbonyl (C=O) groups is 1. The maximum Gasteiger partial charge on any atom is 0.261 e. The van der Waals surface area contributed by atoms with Crippen molar-refractivity contribution >= 4 is 44.6 Å². The number of carbonyl (C=O) groups excluding carboxylic acids is 1. The van der Waals surface area contributed by atoms with Crippen LogP contribution < -0.4 is 20.1 Å². The molecule has 0 saturated heterocycles. The first-order chi connectivity index (χ1) is 17.2. The van der Waals surface area contributed by atoms with Crippen LogP contribution in [0.3, 0.4) is 0 Å². The molecule has 0 aromatic heterocycles. The second-order valence-corrected chi connectivity index (χ2v) is 10.6. The first-order valence-electron chi connectivity index (χ1n) is 11.7. The number of hydrogen-bond donors (Lipinski definition) is 3. The molecule has 0 radical (unpaired) electrons. The lowest BCUT2D eigenvalue weighted by molar-refractivity contribution is 0.0973. The Morgan fingerprint density at radius 3 is 2.25 bits per heavy atom. The van der Waals surface area contributed by atoms with E-state index in [1.165, 1.54) is 12.1 Å². The van der Waals surface area contributed by atoms with Crippen molar-refractivity contribution in [1.29, 1.82) is 0 Å². The molecule has 7 nitrogen and oxygen atoms in total. The summed E-state index contributed by atoms with van der Waals surface area (Å²) in [4.78, 5) is 12.9. The lowest BCUT2D eigenvalue weighted by atomic mass is 10.1. The first-order valence-corrected chi connectivity index (χ1v) is 13.6. The molecule has 36 heavy (non-hydrogen) atoms. The summed E-state index contributed by atoms with van der Waals surface area (Å²) in [6, 6.07) is 18.6. The van der Waals surface area contributed by atoms with Crippen molar-refractivity contribution in [3.05, 3.63) is 83.4 Å². The van der Waals surface area contributed by atoms with Crippen LogP contribution in [0.15, 0.2) is 71.6 Å². The molecule has 0 aliphatic carbocycles. The van der Waals surface area contributed by atoms with Crippen LogP contribution in [0.4, 0.5) is 11.4 Å². The molecule has 0 spiro atoms. The number of anilines is 2. The van der Waals surface area contributed by atoms with Crippen molar-refractivity contribution < 1.29 is 17.9 Å². The van der Waals surface area contributed by atoms with Crippen molar-refractivity contribution in [3.63, 3.8) is 0 Å². The summed E-state index contributed by atoms with van der Waals surface area (Å²) in [6.45, 7) is 6.47. The minimum atomic E-state index is -3.76. The number of rotatable bonds is 10. The standard InChI is InChI=1S/C27H31N3O4S2/c1-4-5-8-15-34-25-10-7-6-9-24(25)26(31)29-27(35)28-21-11-13-23(14-12-21)36(32,33)30-22-17-19(2)16-20(3)18-22/h6-7,9-14,16-18,30H,4-5,8,15H2,1-3H3,(H2,28,29,31,35). The molecule has 3 aromatic rings. The van der Waals surface area contributed by atoms with E-state index in [2.05, 4.69) is 22.3 Å². The Hall–Kier alpha value is -3.43. The molecular weight excluding hydrogens is 494 g/mol. The minimum Gasteiger partial charge on any atom is -0.493 e. The van der Waals surface area contributed by atoms with Crippen LogP contribution in [0.2, 0.25) is 0 Å². The zero-order chi connectivity index (χ0) is 26.1. The van der Waals surface area contributed by atoms with Crippen LogP contribution >= 0.6 is 12.2 Å². The number of nitrogens with one attached hydrogen (secondary N) is 3. The molecule has 9 heteroatoms. The molecule has 190 valence electrons. The fraction of sp³-hybridized carbons (Fsp3) is 0.259. The number of ether oxygens (including phenoxy) is 1. The Morgan fingerprint density at radius 1 is 0.917 bits per heavy atom. The van der Waals surface area contributed by atoms with Crippen molar-refractivity contribution in [1.82, 2.24) is 5.32 Å². The van der Waals surface area contributed by atoms with Gasteiger partial charge in [0.1, 0.15) is 5.75 Å². The van der Waals surface area contributed by atoms with Gasteiger partial charge in [-0.1, -0.05) is 38.0 Å². The number of sulfonamides is 1. The smallest absolute Gasteiger partial charge is 0.261 e. The van der Waals surface area contributed by atoms with Gasteiger partial charge in [0.25, 0.3) is 15.9 Å². The first kappa shape index (κ1) is 27.2. The zero-order valence-electron chi connectivity index (χ0n) is 20.6. The number of hydrogen-bond acceptors (Lipinski definition) is 5. The van der Waals surface area contributed by atoms with Crippen molar-refractivity contribution in [2.45, 2.75) is 44.9 Å². The number of thiocarbonyl (C=S) groups is 1. The fourth-order valence-electron chi connectivity index (χ4n) is 3.61. The normalized spacial score (nSPS) is 11.0. The van der Waals surface area contributed by atoms with E-state index in [4.69, 9.17) is 17.0 Å². The molecule has 0 aliphatic heterocycles. The maximum atomic E-state index is 12.8. The summed E-state index contributed by atoms with van der Waals surface area (Å²) >= 11 is 5.28. The summed E-state index contributed by atoms with van der Waals surface area (Å²) in [5, 5.41) is 5.64. The Balaban J connectivity index is 1.61. The summed E-state index contributed by atoms with van der Waals surface area (Å²) in [5.41, 5.74) is 3.36. The van der Waals surface area contributed by atoms with E-state index >= 15 is 0 Å². The highest BCUT2D eigenvalue weighted by atomic mass is 32.2. The molecule has 0 bridgehead atoms. The fourth-order valence-corrected chi connectivity index (χ4v) is 4.86. The molecule has 0 fully saturated rings. The number of benzene rings is 3. The van der Waals surface area contributed by atoms with E-state index in [0.29, 0.717) is 29.3 Å². The molecule has 0 heterocycles. The monoisotopic (exact) mass is 525 g/mol. The van der Waals surface area contributed by atoms with E-state index in [0.717, 1.165) is 30.4 Å². The third-order valence-corrected chi connectivity index (χ3v) is 6.86. The Bertz CT molecular complexity index is 1300. The van der Waals surface area contributed by atoms with E-state index in [9.17, 15) is 13.2 Å². The van der Waals surface area contributed by atoms with E-state index < -0.39 is 15.9 Å². The molecular formula is C27H31N3O4S2. The lowest BCUT2D eigenvalue weighted by Gasteiger charge is -2.13. The summed E-state index contributed by atoms with van der Waals surface area (Å²) in [5.74, 6) is 0.107. The third kappa shape index (κ3) is 7.79. The highest BCUT2D eigenvalue weighted by Gasteiger charge is 2.16. The van der Waals surface area contributed by atoms with Crippen LogP contribution in [0, 0.1) is 13.8 Å². The molecule has 0 unspecified atom stereocenters.